The van der Waals surface area contributed by atoms with Crippen molar-refractivity contribution >= 4 is 5.91 Å². The average molecular weight is 260 g/mol. The number of likely N-dealkylation sites (N-methyl/N-ethyl adjacent to an activating group) is 1. The molecule has 2 unspecified atom stereocenters. The molecule has 2 rings (SSSR count). The van der Waals surface area contributed by atoms with Gasteiger partial charge >= 0.3 is 0 Å². The van der Waals surface area contributed by atoms with Gasteiger partial charge < -0.3 is 10.2 Å². The number of nitrogens with one attached hydrogen (secondary N) is 1. The number of carbonyl (C=O) groups is 1. The first-order chi connectivity index (χ1) is 9.11. The SMILES string of the molecule is CNC(CN1CCCC(C)C1=O)c1ccc(C)cc1. The van der Waals surface area contributed by atoms with Crippen LogP contribution in [0.15, 0.2) is 24.3 Å². The molecule has 1 heterocycles. The normalized spacial score (nSPS) is 21.5. The Labute approximate surface area is 116 Å². The van der Waals surface area contributed by atoms with E-state index in [-0.39, 0.29) is 12.0 Å². The van der Waals surface area contributed by atoms with Gasteiger partial charge in [-0.2, -0.15) is 0 Å². The Balaban J connectivity index is 2.06. The van der Waals surface area contributed by atoms with Crippen LogP contribution in [-0.2, 0) is 4.79 Å². The van der Waals surface area contributed by atoms with Crippen molar-refractivity contribution in [2.24, 2.45) is 5.92 Å². The van der Waals surface area contributed by atoms with E-state index in [1.807, 2.05) is 18.9 Å². The lowest BCUT2D eigenvalue weighted by Gasteiger charge is -2.33. The number of amides is 1. The van der Waals surface area contributed by atoms with E-state index in [9.17, 15) is 4.79 Å². The zero-order valence-electron chi connectivity index (χ0n) is 12.1. The van der Waals surface area contributed by atoms with E-state index in [1.54, 1.807) is 0 Å². The lowest BCUT2D eigenvalue weighted by molar-refractivity contribution is -0.138. The number of aryl methyl sites for hydroxylation is 1. The highest BCUT2D eigenvalue weighted by Gasteiger charge is 2.26. The zero-order valence-corrected chi connectivity index (χ0v) is 12.1. The van der Waals surface area contributed by atoms with Crippen molar-refractivity contribution in [1.82, 2.24) is 10.2 Å². The summed E-state index contributed by atoms with van der Waals surface area (Å²) in [5, 5.41) is 3.33. The van der Waals surface area contributed by atoms with Gasteiger partial charge in [-0.3, -0.25) is 4.79 Å². The van der Waals surface area contributed by atoms with Gasteiger partial charge in [0.15, 0.2) is 0 Å². The Bertz CT molecular complexity index is 427. The number of benzene rings is 1. The van der Waals surface area contributed by atoms with E-state index in [2.05, 4.69) is 36.5 Å². The van der Waals surface area contributed by atoms with Gasteiger partial charge in [-0.05, 0) is 32.4 Å². The molecule has 0 spiro atoms. The average Bonchev–Trinajstić information content (AvgIpc) is 2.42. The summed E-state index contributed by atoms with van der Waals surface area (Å²) in [6.07, 6.45) is 2.15. The fourth-order valence-electron chi connectivity index (χ4n) is 2.70. The highest BCUT2D eigenvalue weighted by molar-refractivity contribution is 5.79. The predicted octanol–water partition coefficient (Wildman–Crippen LogP) is 2.51. The van der Waals surface area contributed by atoms with Crippen molar-refractivity contribution < 1.29 is 4.79 Å². The summed E-state index contributed by atoms with van der Waals surface area (Å²) in [5.41, 5.74) is 2.51. The molecule has 19 heavy (non-hydrogen) atoms. The van der Waals surface area contributed by atoms with Gasteiger partial charge in [0.1, 0.15) is 0 Å². The lowest BCUT2D eigenvalue weighted by Crippen LogP contribution is -2.44. The maximum absolute atomic E-state index is 12.2. The standard InChI is InChI=1S/C16H24N2O/c1-12-6-8-14(9-7-12)15(17-3)11-18-10-4-5-13(2)16(18)19/h6-9,13,15,17H,4-5,10-11H2,1-3H3. The summed E-state index contributed by atoms with van der Waals surface area (Å²) in [7, 11) is 1.96. The highest BCUT2D eigenvalue weighted by Crippen LogP contribution is 2.21. The van der Waals surface area contributed by atoms with E-state index < -0.39 is 0 Å². The predicted molar refractivity (Wildman–Crippen MR) is 78.0 cm³/mol. The summed E-state index contributed by atoms with van der Waals surface area (Å²) in [5.74, 6) is 0.489. The lowest BCUT2D eigenvalue weighted by atomic mass is 9.97. The Morgan fingerprint density at radius 1 is 1.37 bits per heavy atom. The molecule has 1 amide bonds. The van der Waals surface area contributed by atoms with Crippen LogP contribution in [0.1, 0.15) is 36.9 Å². The van der Waals surface area contributed by atoms with Crippen molar-refractivity contribution in [1.29, 1.82) is 0 Å². The Kier molecular flexibility index (Phi) is 4.59. The van der Waals surface area contributed by atoms with Crippen LogP contribution in [0.5, 0.6) is 0 Å². The van der Waals surface area contributed by atoms with Gasteiger partial charge in [-0.25, -0.2) is 0 Å². The number of hydrogen-bond acceptors (Lipinski definition) is 2. The van der Waals surface area contributed by atoms with Gasteiger partial charge in [0.05, 0.1) is 0 Å². The largest absolute Gasteiger partial charge is 0.341 e. The summed E-state index contributed by atoms with van der Waals surface area (Å²) >= 11 is 0. The molecular weight excluding hydrogens is 236 g/mol. The van der Waals surface area contributed by atoms with Crippen LogP contribution in [0.3, 0.4) is 0 Å². The quantitative estimate of drug-likeness (QED) is 0.902. The summed E-state index contributed by atoms with van der Waals surface area (Å²) < 4.78 is 0. The molecule has 104 valence electrons. The number of piperidine rings is 1. The van der Waals surface area contributed by atoms with Crippen molar-refractivity contribution in [3.8, 4) is 0 Å². The second kappa shape index (κ2) is 6.20. The molecule has 1 N–H and O–H groups in total. The van der Waals surface area contributed by atoms with Crippen molar-refractivity contribution in [2.45, 2.75) is 32.7 Å². The van der Waals surface area contributed by atoms with Crippen LogP contribution in [0.2, 0.25) is 0 Å². The van der Waals surface area contributed by atoms with Gasteiger partial charge in [-0.15, -0.1) is 0 Å². The topological polar surface area (TPSA) is 32.3 Å². The second-order valence-corrected chi connectivity index (χ2v) is 5.58. The van der Waals surface area contributed by atoms with Crippen molar-refractivity contribution in [2.75, 3.05) is 20.1 Å². The van der Waals surface area contributed by atoms with Crippen LogP contribution in [0, 0.1) is 12.8 Å². The first kappa shape index (κ1) is 14.1. The number of carbonyl (C=O) groups excluding carboxylic acids is 1. The molecule has 0 aromatic heterocycles. The van der Waals surface area contributed by atoms with Crippen LogP contribution < -0.4 is 5.32 Å². The molecular formula is C16H24N2O. The second-order valence-electron chi connectivity index (χ2n) is 5.58. The first-order valence-corrected chi connectivity index (χ1v) is 7.14. The highest BCUT2D eigenvalue weighted by atomic mass is 16.2. The third kappa shape index (κ3) is 3.35. The van der Waals surface area contributed by atoms with Crippen molar-refractivity contribution in [3.05, 3.63) is 35.4 Å². The minimum absolute atomic E-state index is 0.185. The van der Waals surface area contributed by atoms with Crippen LogP contribution in [0.4, 0.5) is 0 Å². The monoisotopic (exact) mass is 260 g/mol. The molecule has 3 nitrogen and oxygen atoms in total. The number of nitrogens with zero attached hydrogens (tertiary/aromatic N) is 1. The smallest absolute Gasteiger partial charge is 0.225 e. The maximum Gasteiger partial charge on any atom is 0.225 e. The van der Waals surface area contributed by atoms with Crippen LogP contribution >= 0.6 is 0 Å². The van der Waals surface area contributed by atoms with E-state index in [0.29, 0.717) is 5.91 Å². The fraction of sp³-hybridized carbons (Fsp3) is 0.562. The molecule has 1 saturated heterocycles. The van der Waals surface area contributed by atoms with Crippen molar-refractivity contribution in [3.63, 3.8) is 0 Å². The molecule has 0 saturated carbocycles. The molecule has 2 atom stereocenters. The summed E-state index contributed by atoms with van der Waals surface area (Å²) in [6.45, 7) is 5.79. The first-order valence-electron chi connectivity index (χ1n) is 7.14. The Morgan fingerprint density at radius 3 is 2.68 bits per heavy atom. The minimum Gasteiger partial charge on any atom is -0.341 e. The number of likely N-dealkylation sites (tertiary alicyclic amines) is 1. The third-order valence-corrected chi connectivity index (χ3v) is 4.03. The maximum atomic E-state index is 12.2. The van der Waals surface area contributed by atoms with Gasteiger partial charge in [0, 0.05) is 25.0 Å². The molecule has 1 aromatic rings. The fourth-order valence-corrected chi connectivity index (χ4v) is 2.70. The summed E-state index contributed by atoms with van der Waals surface area (Å²) in [4.78, 5) is 14.2. The van der Waals surface area contributed by atoms with E-state index in [4.69, 9.17) is 0 Å². The molecule has 1 fully saturated rings. The zero-order chi connectivity index (χ0) is 13.8. The third-order valence-electron chi connectivity index (χ3n) is 4.03. The number of hydrogen-bond donors (Lipinski definition) is 1. The molecule has 1 aromatic carbocycles. The summed E-state index contributed by atoms with van der Waals surface area (Å²) in [6, 6.07) is 8.76. The molecule has 0 aliphatic carbocycles. The minimum atomic E-state index is 0.185. The van der Waals surface area contributed by atoms with Crippen LogP contribution in [-0.4, -0.2) is 30.9 Å². The van der Waals surface area contributed by atoms with Gasteiger partial charge in [-0.1, -0.05) is 36.8 Å². The molecule has 0 radical (unpaired) electrons. The molecule has 1 aliphatic rings. The Morgan fingerprint density at radius 2 is 2.05 bits per heavy atom. The van der Waals surface area contributed by atoms with Gasteiger partial charge in [0.2, 0.25) is 5.91 Å². The molecule has 3 heteroatoms. The van der Waals surface area contributed by atoms with Crippen LogP contribution in [0.25, 0.3) is 0 Å². The van der Waals surface area contributed by atoms with Gasteiger partial charge in [0.25, 0.3) is 0 Å². The molecule has 0 bridgehead atoms. The Hall–Kier alpha value is -1.35. The van der Waals surface area contributed by atoms with E-state index in [0.717, 1.165) is 25.9 Å². The number of rotatable bonds is 4. The molecule has 1 aliphatic heterocycles. The van der Waals surface area contributed by atoms with E-state index >= 15 is 0 Å². The van der Waals surface area contributed by atoms with E-state index in [1.165, 1.54) is 11.1 Å².